The van der Waals surface area contributed by atoms with Gasteiger partial charge in [-0.1, -0.05) is 63.4 Å². The fourth-order valence-electron chi connectivity index (χ4n) is 4.55. The van der Waals surface area contributed by atoms with Crippen molar-refractivity contribution in [3.63, 3.8) is 0 Å². The maximum atomic E-state index is 12.5. The molecule has 3 aromatic rings. The largest absolute Gasteiger partial charge is 0.458 e. The van der Waals surface area contributed by atoms with Crippen molar-refractivity contribution < 1.29 is 28.6 Å². The van der Waals surface area contributed by atoms with Crippen molar-refractivity contribution in [3.8, 4) is 33.8 Å². The third-order valence-corrected chi connectivity index (χ3v) is 6.77. The molecule has 206 valence electrons. The Morgan fingerprint density at radius 1 is 0.775 bits per heavy atom. The second kappa shape index (κ2) is 11.7. The van der Waals surface area contributed by atoms with Crippen LogP contribution in [-0.4, -0.2) is 24.0 Å². The summed E-state index contributed by atoms with van der Waals surface area (Å²) in [5, 5.41) is 0. The van der Waals surface area contributed by atoms with E-state index in [0.717, 1.165) is 22.3 Å². The number of aryl methyl sites for hydroxylation is 1. The fourth-order valence-corrected chi connectivity index (χ4v) is 4.55. The molecule has 0 amide bonds. The third-order valence-electron chi connectivity index (χ3n) is 6.77. The number of hydrogen-bond acceptors (Lipinski definition) is 6. The molecule has 1 aliphatic carbocycles. The summed E-state index contributed by atoms with van der Waals surface area (Å²) < 4.78 is 16.7. The molecule has 6 nitrogen and oxygen atoms in total. The Morgan fingerprint density at radius 2 is 1.40 bits per heavy atom. The minimum absolute atomic E-state index is 0.178. The van der Waals surface area contributed by atoms with Crippen LogP contribution in [-0.2, 0) is 32.0 Å². The summed E-state index contributed by atoms with van der Waals surface area (Å²) >= 11 is 0. The predicted molar refractivity (Wildman–Crippen MR) is 155 cm³/mol. The van der Waals surface area contributed by atoms with Crippen molar-refractivity contribution in [2.75, 3.05) is 0 Å². The third kappa shape index (κ3) is 6.40. The number of hydrogen-bond donors (Lipinski definition) is 0. The van der Waals surface area contributed by atoms with Crippen molar-refractivity contribution in [3.05, 3.63) is 95.6 Å². The van der Waals surface area contributed by atoms with Crippen molar-refractivity contribution in [1.82, 2.24) is 0 Å². The lowest BCUT2D eigenvalue weighted by atomic mass is 9.93. The van der Waals surface area contributed by atoms with Gasteiger partial charge in [0, 0.05) is 35.6 Å². The van der Waals surface area contributed by atoms with Crippen molar-refractivity contribution >= 4 is 17.9 Å². The number of benzene rings is 3. The van der Waals surface area contributed by atoms with Gasteiger partial charge in [0.2, 0.25) is 0 Å². The predicted octanol–water partition coefficient (Wildman–Crippen LogP) is 6.96. The van der Waals surface area contributed by atoms with Crippen molar-refractivity contribution in [2.45, 2.75) is 53.6 Å². The van der Waals surface area contributed by atoms with Gasteiger partial charge in [0.15, 0.2) is 0 Å². The Morgan fingerprint density at radius 3 is 2.05 bits per heavy atom. The Bertz CT molecular complexity index is 1530. The van der Waals surface area contributed by atoms with Crippen LogP contribution in [0.25, 0.3) is 22.3 Å². The first-order valence-corrected chi connectivity index (χ1v) is 13.3. The van der Waals surface area contributed by atoms with Crippen LogP contribution in [0.3, 0.4) is 0 Å². The smallest absolute Gasteiger partial charge is 0.338 e. The highest BCUT2D eigenvalue weighted by Crippen LogP contribution is 2.37. The van der Waals surface area contributed by atoms with Crippen molar-refractivity contribution in [1.29, 1.82) is 0 Å². The van der Waals surface area contributed by atoms with Crippen LogP contribution < -0.4 is 9.47 Å². The van der Waals surface area contributed by atoms with E-state index in [1.54, 1.807) is 45.9 Å². The van der Waals surface area contributed by atoms with E-state index in [1.807, 2.05) is 25.1 Å². The first-order valence-electron chi connectivity index (χ1n) is 13.3. The average Bonchev–Trinajstić information content (AvgIpc) is 3.30. The zero-order valence-corrected chi connectivity index (χ0v) is 23.6. The topological polar surface area (TPSA) is 78.9 Å². The molecule has 0 N–H and O–H groups in total. The minimum atomic E-state index is -0.552. The van der Waals surface area contributed by atoms with E-state index in [2.05, 4.69) is 31.4 Å². The fraction of sp³-hybridized carbons (Fsp3) is 0.265. The van der Waals surface area contributed by atoms with Crippen LogP contribution in [0.5, 0.6) is 11.5 Å². The van der Waals surface area contributed by atoms with Gasteiger partial charge in [0.25, 0.3) is 0 Å². The zero-order chi connectivity index (χ0) is 29.1. The summed E-state index contributed by atoms with van der Waals surface area (Å²) in [4.78, 5) is 36.5. The van der Waals surface area contributed by atoms with Crippen LogP contribution in [0.2, 0.25) is 0 Å². The summed E-state index contributed by atoms with van der Waals surface area (Å²) in [5.74, 6) is -1.05. The van der Waals surface area contributed by atoms with Crippen LogP contribution in [0, 0.1) is 12.8 Å². The molecule has 4 rings (SSSR count). The van der Waals surface area contributed by atoms with Gasteiger partial charge in [-0.05, 0) is 66.3 Å². The molecule has 0 fully saturated rings. The van der Waals surface area contributed by atoms with Crippen LogP contribution in [0.15, 0.2) is 78.9 Å². The first-order chi connectivity index (χ1) is 18.9. The number of carbonyl (C=O) groups excluding carboxylic acids is 3. The summed E-state index contributed by atoms with van der Waals surface area (Å²) in [6, 6.07) is 17.4. The van der Waals surface area contributed by atoms with Crippen molar-refractivity contribution in [2.24, 2.45) is 5.92 Å². The zero-order valence-electron chi connectivity index (χ0n) is 23.6. The summed E-state index contributed by atoms with van der Waals surface area (Å²) in [6.07, 6.45) is 1.19. The minimum Gasteiger partial charge on any atom is -0.458 e. The number of fused-ring (bicyclic) bond motifs is 1. The van der Waals surface area contributed by atoms with E-state index in [9.17, 15) is 14.4 Å². The lowest BCUT2D eigenvalue weighted by molar-refractivity contribution is -0.143. The number of esters is 3. The normalized spacial score (nSPS) is 13.9. The highest BCUT2D eigenvalue weighted by atomic mass is 16.6. The molecule has 0 aliphatic heterocycles. The van der Waals surface area contributed by atoms with E-state index in [1.165, 1.54) is 11.1 Å². The molecule has 0 spiro atoms. The van der Waals surface area contributed by atoms with Gasteiger partial charge in [0.1, 0.15) is 17.6 Å². The molecule has 1 atom stereocenters. The monoisotopic (exact) mass is 538 g/mol. The Balaban J connectivity index is 1.62. The van der Waals surface area contributed by atoms with E-state index in [0.29, 0.717) is 29.7 Å². The van der Waals surface area contributed by atoms with Crippen LogP contribution in [0.4, 0.5) is 0 Å². The Hall–Kier alpha value is -4.45. The molecule has 0 aromatic heterocycles. The molecule has 0 heterocycles. The van der Waals surface area contributed by atoms with Gasteiger partial charge in [-0.3, -0.25) is 4.79 Å². The molecular weight excluding hydrogens is 504 g/mol. The average molecular weight is 539 g/mol. The molecule has 40 heavy (non-hydrogen) atoms. The lowest BCUT2D eigenvalue weighted by Gasteiger charge is -2.15. The molecule has 0 radical (unpaired) electrons. The summed E-state index contributed by atoms with van der Waals surface area (Å²) in [7, 11) is 0. The van der Waals surface area contributed by atoms with Crippen LogP contribution >= 0.6 is 0 Å². The molecule has 3 aromatic carbocycles. The molecular formula is C34H34O6. The van der Waals surface area contributed by atoms with Crippen LogP contribution in [0.1, 0.15) is 44.4 Å². The molecule has 0 bridgehead atoms. The number of rotatable bonds is 8. The Labute approximate surface area is 235 Å². The van der Waals surface area contributed by atoms with E-state index < -0.39 is 5.97 Å². The Kier molecular flexibility index (Phi) is 8.38. The second-order valence-corrected chi connectivity index (χ2v) is 10.6. The summed E-state index contributed by atoms with van der Waals surface area (Å²) in [6.45, 7) is 16.0. The summed E-state index contributed by atoms with van der Waals surface area (Å²) in [5.41, 5.74) is 7.77. The van der Waals surface area contributed by atoms with Gasteiger partial charge in [-0.15, -0.1) is 0 Å². The van der Waals surface area contributed by atoms with Gasteiger partial charge >= 0.3 is 17.9 Å². The highest BCUT2D eigenvalue weighted by Gasteiger charge is 2.25. The number of carbonyl (C=O) groups is 3. The lowest BCUT2D eigenvalue weighted by Crippen LogP contribution is -2.18. The standard InChI is InChI=1S/C34H34O6/c1-19(2)32(35)38-27-11-13-30(31(18-27)40-34(37)21(5)6)24-10-12-29(22(7)14-24)25-9-8-23-16-28(17-26(23)15-25)39-33(36)20(3)4/h8-15,18,21,28H,1,3,16-17H2,2,4-7H3. The molecule has 0 saturated carbocycles. The molecule has 1 unspecified atom stereocenters. The van der Waals surface area contributed by atoms with Gasteiger partial charge in [-0.2, -0.15) is 0 Å². The second-order valence-electron chi connectivity index (χ2n) is 10.6. The maximum absolute atomic E-state index is 12.5. The van der Waals surface area contributed by atoms with Gasteiger partial charge in [-0.25, -0.2) is 9.59 Å². The van der Waals surface area contributed by atoms with E-state index in [-0.39, 0.29) is 35.3 Å². The first kappa shape index (κ1) is 28.6. The molecule has 1 aliphatic rings. The van der Waals surface area contributed by atoms with E-state index >= 15 is 0 Å². The van der Waals surface area contributed by atoms with Gasteiger partial charge < -0.3 is 14.2 Å². The molecule has 6 heteroatoms. The van der Waals surface area contributed by atoms with Gasteiger partial charge in [0.05, 0.1) is 5.92 Å². The SMILES string of the molecule is C=C(C)C(=O)Oc1ccc(-c2ccc(-c3ccc4c(c3)CC(OC(=O)C(=C)C)C4)c(C)c2)c(OC(=O)C(C)C)c1. The molecule has 0 saturated heterocycles. The maximum Gasteiger partial charge on any atom is 0.338 e. The van der Waals surface area contributed by atoms with E-state index in [4.69, 9.17) is 14.2 Å². The highest BCUT2D eigenvalue weighted by molar-refractivity contribution is 5.89. The number of ether oxygens (including phenoxy) is 3. The quantitative estimate of drug-likeness (QED) is 0.175.